The summed E-state index contributed by atoms with van der Waals surface area (Å²) in [5, 5.41) is 8.07. The zero-order chi connectivity index (χ0) is 14.7. The summed E-state index contributed by atoms with van der Waals surface area (Å²) < 4.78 is 10.9. The van der Waals surface area contributed by atoms with Crippen molar-refractivity contribution in [3.63, 3.8) is 0 Å². The molecule has 2 rings (SSSR count). The standard InChI is InChI=1S/C14H15N3O2S/c1-8-9(2)16-17-14(12(8)13(15)20)19-11-6-4-5-10(7-11)18-3/h4-7H,1-3H3,(H2,15,20). The number of hydrogen-bond acceptors (Lipinski definition) is 5. The molecule has 1 aromatic carbocycles. The summed E-state index contributed by atoms with van der Waals surface area (Å²) in [6, 6.07) is 7.19. The fraction of sp³-hybridized carbons (Fsp3) is 0.214. The molecule has 0 amide bonds. The van der Waals surface area contributed by atoms with E-state index in [1.165, 1.54) is 0 Å². The first-order valence-electron chi connectivity index (χ1n) is 5.98. The van der Waals surface area contributed by atoms with Crippen LogP contribution in [-0.4, -0.2) is 22.3 Å². The van der Waals surface area contributed by atoms with Gasteiger partial charge in [-0.15, -0.1) is 5.10 Å². The number of methoxy groups -OCH3 is 1. The molecule has 1 aromatic heterocycles. The van der Waals surface area contributed by atoms with Gasteiger partial charge in [-0.1, -0.05) is 18.3 Å². The maximum absolute atomic E-state index is 5.75. The lowest BCUT2D eigenvalue weighted by Crippen LogP contribution is -2.15. The third-order valence-electron chi connectivity index (χ3n) is 2.92. The van der Waals surface area contributed by atoms with Gasteiger partial charge in [-0.25, -0.2) is 0 Å². The fourth-order valence-corrected chi connectivity index (χ4v) is 1.97. The van der Waals surface area contributed by atoms with Crippen molar-refractivity contribution in [3.05, 3.63) is 41.1 Å². The molecule has 0 aliphatic carbocycles. The zero-order valence-electron chi connectivity index (χ0n) is 11.5. The van der Waals surface area contributed by atoms with E-state index in [9.17, 15) is 0 Å². The van der Waals surface area contributed by atoms with Gasteiger partial charge in [0.1, 0.15) is 16.5 Å². The number of ether oxygens (including phenoxy) is 2. The molecule has 0 saturated heterocycles. The minimum atomic E-state index is 0.235. The Morgan fingerprint density at radius 1 is 1.20 bits per heavy atom. The Kier molecular flexibility index (Phi) is 4.14. The highest BCUT2D eigenvalue weighted by Crippen LogP contribution is 2.28. The molecule has 0 fully saturated rings. The number of rotatable bonds is 4. The molecule has 2 aromatic rings. The average Bonchev–Trinajstić information content (AvgIpc) is 2.43. The molecular formula is C14H15N3O2S. The molecule has 0 radical (unpaired) electrons. The molecule has 104 valence electrons. The monoisotopic (exact) mass is 289 g/mol. The Morgan fingerprint density at radius 2 is 1.90 bits per heavy atom. The number of benzene rings is 1. The van der Waals surface area contributed by atoms with Gasteiger partial charge in [-0.2, -0.15) is 5.10 Å². The predicted octanol–water partition coefficient (Wildman–Crippen LogP) is 2.53. The average molecular weight is 289 g/mol. The number of hydrogen-bond donors (Lipinski definition) is 1. The first-order valence-corrected chi connectivity index (χ1v) is 6.39. The van der Waals surface area contributed by atoms with Gasteiger partial charge in [0, 0.05) is 6.07 Å². The van der Waals surface area contributed by atoms with Crippen molar-refractivity contribution in [2.75, 3.05) is 7.11 Å². The number of thiocarbonyl (C=S) groups is 1. The van der Waals surface area contributed by atoms with E-state index in [1.54, 1.807) is 19.2 Å². The molecule has 0 bridgehead atoms. The van der Waals surface area contributed by atoms with Crippen molar-refractivity contribution in [3.8, 4) is 17.4 Å². The maximum Gasteiger partial charge on any atom is 0.249 e. The van der Waals surface area contributed by atoms with E-state index in [2.05, 4.69) is 10.2 Å². The first kappa shape index (κ1) is 14.2. The summed E-state index contributed by atoms with van der Waals surface area (Å²) in [4.78, 5) is 0.235. The lowest BCUT2D eigenvalue weighted by molar-refractivity contribution is 0.406. The third kappa shape index (κ3) is 2.85. The summed E-state index contributed by atoms with van der Waals surface area (Å²) in [6.07, 6.45) is 0. The molecule has 0 aliphatic heterocycles. The van der Waals surface area contributed by atoms with Gasteiger partial charge in [0.15, 0.2) is 0 Å². The van der Waals surface area contributed by atoms with Gasteiger partial charge in [0.05, 0.1) is 18.4 Å². The van der Waals surface area contributed by atoms with E-state index in [0.717, 1.165) is 11.3 Å². The second kappa shape index (κ2) is 5.83. The highest BCUT2D eigenvalue weighted by molar-refractivity contribution is 7.80. The lowest BCUT2D eigenvalue weighted by atomic mass is 10.1. The van der Waals surface area contributed by atoms with Crippen LogP contribution in [0.2, 0.25) is 0 Å². The van der Waals surface area contributed by atoms with Crippen LogP contribution in [-0.2, 0) is 0 Å². The molecule has 0 aliphatic rings. The molecule has 0 saturated carbocycles. The first-order chi connectivity index (χ1) is 9.52. The van der Waals surface area contributed by atoms with Gasteiger partial charge >= 0.3 is 0 Å². The van der Waals surface area contributed by atoms with Gasteiger partial charge in [0.2, 0.25) is 5.88 Å². The molecule has 5 nitrogen and oxygen atoms in total. The van der Waals surface area contributed by atoms with Gasteiger partial charge in [-0.05, 0) is 31.5 Å². The van der Waals surface area contributed by atoms with Crippen molar-refractivity contribution < 1.29 is 9.47 Å². The molecule has 0 unspecified atom stereocenters. The van der Waals surface area contributed by atoms with E-state index in [1.807, 2.05) is 26.0 Å². The molecule has 2 N–H and O–H groups in total. The number of nitrogens with two attached hydrogens (primary N) is 1. The Hall–Kier alpha value is -2.21. The molecular weight excluding hydrogens is 274 g/mol. The van der Waals surface area contributed by atoms with Crippen LogP contribution in [0, 0.1) is 13.8 Å². The van der Waals surface area contributed by atoms with Crippen LogP contribution in [0.15, 0.2) is 24.3 Å². The maximum atomic E-state index is 5.75. The van der Waals surface area contributed by atoms with Crippen molar-refractivity contribution in [1.82, 2.24) is 10.2 Å². The number of aryl methyl sites for hydroxylation is 1. The summed E-state index contributed by atoms with van der Waals surface area (Å²) in [5.41, 5.74) is 8.00. The Bertz CT molecular complexity index is 659. The van der Waals surface area contributed by atoms with Crippen molar-refractivity contribution >= 4 is 17.2 Å². The van der Waals surface area contributed by atoms with Crippen LogP contribution in [0.3, 0.4) is 0 Å². The molecule has 1 heterocycles. The van der Waals surface area contributed by atoms with Crippen molar-refractivity contribution in [2.45, 2.75) is 13.8 Å². The summed E-state index contributed by atoms with van der Waals surface area (Å²) in [6.45, 7) is 3.73. The van der Waals surface area contributed by atoms with Gasteiger partial charge in [0.25, 0.3) is 0 Å². The van der Waals surface area contributed by atoms with Crippen molar-refractivity contribution in [1.29, 1.82) is 0 Å². The van der Waals surface area contributed by atoms with Crippen LogP contribution in [0.5, 0.6) is 17.4 Å². The van der Waals surface area contributed by atoms with E-state index in [0.29, 0.717) is 22.9 Å². The second-order valence-corrected chi connectivity index (χ2v) is 4.68. The van der Waals surface area contributed by atoms with Crippen molar-refractivity contribution in [2.24, 2.45) is 5.73 Å². The quantitative estimate of drug-likeness (QED) is 0.872. The number of aromatic nitrogens is 2. The Morgan fingerprint density at radius 3 is 2.55 bits per heavy atom. The summed E-state index contributed by atoms with van der Waals surface area (Å²) in [7, 11) is 1.59. The van der Waals surface area contributed by atoms with Crippen LogP contribution in [0.4, 0.5) is 0 Å². The molecule has 0 spiro atoms. The van der Waals surface area contributed by atoms with Crippen LogP contribution < -0.4 is 15.2 Å². The SMILES string of the molecule is COc1cccc(Oc2nnc(C)c(C)c2C(N)=S)c1. The Balaban J connectivity index is 2.43. The van der Waals surface area contributed by atoms with Crippen LogP contribution >= 0.6 is 12.2 Å². The normalized spacial score (nSPS) is 10.2. The summed E-state index contributed by atoms with van der Waals surface area (Å²) in [5.74, 6) is 1.57. The minimum absolute atomic E-state index is 0.235. The fourth-order valence-electron chi connectivity index (χ4n) is 1.72. The third-order valence-corrected chi connectivity index (χ3v) is 3.13. The van der Waals surface area contributed by atoms with E-state index >= 15 is 0 Å². The Labute approximate surface area is 122 Å². The van der Waals surface area contributed by atoms with Gasteiger partial charge < -0.3 is 15.2 Å². The zero-order valence-corrected chi connectivity index (χ0v) is 12.3. The summed E-state index contributed by atoms with van der Waals surface area (Å²) >= 11 is 5.07. The highest BCUT2D eigenvalue weighted by atomic mass is 32.1. The second-order valence-electron chi connectivity index (χ2n) is 4.24. The highest BCUT2D eigenvalue weighted by Gasteiger charge is 2.15. The predicted molar refractivity (Wildman–Crippen MR) is 80.5 cm³/mol. The largest absolute Gasteiger partial charge is 0.497 e. The topological polar surface area (TPSA) is 70.3 Å². The van der Waals surface area contributed by atoms with E-state index in [-0.39, 0.29) is 4.99 Å². The smallest absolute Gasteiger partial charge is 0.249 e. The van der Waals surface area contributed by atoms with Gasteiger partial charge in [-0.3, -0.25) is 0 Å². The minimum Gasteiger partial charge on any atom is -0.497 e. The molecule has 0 atom stereocenters. The molecule has 6 heteroatoms. The molecule has 20 heavy (non-hydrogen) atoms. The van der Waals surface area contributed by atoms with Crippen LogP contribution in [0.25, 0.3) is 0 Å². The number of nitrogens with zero attached hydrogens (tertiary/aromatic N) is 2. The van der Waals surface area contributed by atoms with E-state index < -0.39 is 0 Å². The van der Waals surface area contributed by atoms with E-state index in [4.69, 9.17) is 27.4 Å². The van der Waals surface area contributed by atoms with Crippen LogP contribution in [0.1, 0.15) is 16.8 Å². The lowest BCUT2D eigenvalue weighted by Gasteiger charge is -2.12.